The molecular formula is C24H29NO3. The van der Waals surface area contributed by atoms with Gasteiger partial charge >= 0.3 is 5.97 Å². The second-order valence-corrected chi connectivity index (χ2v) is 7.69. The van der Waals surface area contributed by atoms with Gasteiger partial charge < -0.3 is 4.74 Å². The van der Waals surface area contributed by atoms with E-state index < -0.39 is 11.9 Å². The molecule has 0 aliphatic heterocycles. The van der Waals surface area contributed by atoms with Crippen molar-refractivity contribution in [1.29, 1.82) is 0 Å². The number of benzene rings is 1. The molecule has 0 spiro atoms. The summed E-state index contributed by atoms with van der Waals surface area (Å²) in [5.74, 6) is -0.717. The predicted molar refractivity (Wildman–Crippen MR) is 109 cm³/mol. The number of hydrogen-bond acceptors (Lipinski definition) is 4. The van der Waals surface area contributed by atoms with Gasteiger partial charge in [0.2, 0.25) is 0 Å². The maximum atomic E-state index is 13.2. The van der Waals surface area contributed by atoms with Crippen LogP contribution < -0.4 is 0 Å². The maximum Gasteiger partial charge on any atom is 0.316 e. The van der Waals surface area contributed by atoms with Crippen LogP contribution in [0.3, 0.4) is 0 Å². The van der Waals surface area contributed by atoms with Gasteiger partial charge in [-0.25, -0.2) is 0 Å². The zero-order valence-electron chi connectivity index (χ0n) is 16.8. The molecule has 0 amide bonds. The number of ketones is 1. The molecule has 1 aromatic heterocycles. The Morgan fingerprint density at radius 2 is 1.82 bits per heavy atom. The fourth-order valence-corrected chi connectivity index (χ4v) is 4.18. The van der Waals surface area contributed by atoms with Crippen LogP contribution >= 0.6 is 0 Å². The molecule has 1 aliphatic rings. The Kier molecular flexibility index (Phi) is 6.96. The van der Waals surface area contributed by atoms with Gasteiger partial charge in [0.15, 0.2) is 5.78 Å². The largest absolute Gasteiger partial charge is 0.465 e. The summed E-state index contributed by atoms with van der Waals surface area (Å²) in [6, 6.07) is 14.3. The normalized spacial score (nSPS) is 20.4. The summed E-state index contributed by atoms with van der Waals surface area (Å²) in [7, 11) is 0. The van der Waals surface area contributed by atoms with E-state index in [1.54, 1.807) is 13.1 Å². The Labute approximate surface area is 167 Å². The highest BCUT2D eigenvalue weighted by atomic mass is 16.5. The Morgan fingerprint density at radius 1 is 1.11 bits per heavy atom. The molecule has 148 valence electrons. The van der Waals surface area contributed by atoms with Crippen LogP contribution in [0.1, 0.15) is 55.3 Å². The van der Waals surface area contributed by atoms with Gasteiger partial charge in [-0.2, -0.15) is 0 Å². The molecule has 1 atom stereocenters. The monoisotopic (exact) mass is 379 g/mol. The van der Waals surface area contributed by atoms with Crippen LogP contribution in [0.15, 0.2) is 48.7 Å². The van der Waals surface area contributed by atoms with Gasteiger partial charge in [-0.3, -0.25) is 14.6 Å². The molecule has 1 saturated carbocycles. The zero-order valence-corrected chi connectivity index (χ0v) is 16.8. The maximum absolute atomic E-state index is 13.2. The Balaban J connectivity index is 1.68. The number of Topliss-reactive ketones (excluding diaryl/α,β-unsaturated/α-hetero) is 1. The first-order chi connectivity index (χ1) is 13.6. The van der Waals surface area contributed by atoms with E-state index in [1.165, 1.54) is 5.56 Å². The topological polar surface area (TPSA) is 56.3 Å². The first-order valence-electron chi connectivity index (χ1n) is 10.2. The van der Waals surface area contributed by atoms with Crippen LogP contribution in [0.25, 0.3) is 0 Å². The Bertz CT molecular complexity index is 795. The number of hydrogen-bond donors (Lipinski definition) is 0. The van der Waals surface area contributed by atoms with Crippen molar-refractivity contribution < 1.29 is 14.3 Å². The Morgan fingerprint density at radius 3 is 2.46 bits per heavy atom. The molecule has 4 nitrogen and oxygen atoms in total. The van der Waals surface area contributed by atoms with Crippen LogP contribution in [0.4, 0.5) is 0 Å². The van der Waals surface area contributed by atoms with E-state index >= 15 is 0 Å². The molecule has 0 saturated heterocycles. The van der Waals surface area contributed by atoms with Crippen LogP contribution in [0, 0.1) is 18.8 Å². The van der Waals surface area contributed by atoms with Crippen LogP contribution in [0.5, 0.6) is 0 Å². The average Bonchev–Trinajstić information content (AvgIpc) is 2.72. The first-order valence-corrected chi connectivity index (χ1v) is 10.2. The summed E-state index contributed by atoms with van der Waals surface area (Å²) in [4.78, 5) is 30.1. The average molecular weight is 380 g/mol. The second-order valence-electron chi connectivity index (χ2n) is 7.69. The van der Waals surface area contributed by atoms with E-state index in [0.717, 1.165) is 36.9 Å². The molecule has 1 fully saturated rings. The Hall–Kier alpha value is -2.49. The summed E-state index contributed by atoms with van der Waals surface area (Å²) in [6.07, 6.45) is 5.67. The van der Waals surface area contributed by atoms with Crippen molar-refractivity contribution in [2.45, 2.75) is 51.9 Å². The number of nitrogens with zero attached hydrogens (tertiary/aromatic N) is 1. The molecule has 0 radical (unpaired) electrons. The second kappa shape index (κ2) is 9.63. The van der Waals surface area contributed by atoms with E-state index in [4.69, 9.17) is 4.74 Å². The third-order valence-electron chi connectivity index (χ3n) is 5.70. The quantitative estimate of drug-likeness (QED) is 0.519. The molecule has 1 unspecified atom stereocenters. The first kappa shape index (κ1) is 20.2. The third kappa shape index (κ3) is 5.06. The van der Waals surface area contributed by atoms with E-state index in [-0.39, 0.29) is 18.3 Å². The van der Waals surface area contributed by atoms with Crippen molar-refractivity contribution >= 4 is 11.8 Å². The van der Waals surface area contributed by atoms with Crippen molar-refractivity contribution in [3.63, 3.8) is 0 Å². The lowest BCUT2D eigenvalue weighted by Gasteiger charge is -2.29. The lowest BCUT2D eigenvalue weighted by Crippen LogP contribution is -2.34. The minimum Gasteiger partial charge on any atom is -0.465 e. The van der Waals surface area contributed by atoms with E-state index in [9.17, 15) is 9.59 Å². The summed E-state index contributed by atoms with van der Waals surface area (Å²) in [6.45, 7) is 4.04. The summed E-state index contributed by atoms with van der Waals surface area (Å²) < 4.78 is 5.22. The molecular weight excluding hydrogens is 350 g/mol. The van der Waals surface area contributed by atoms with Crippen LogP contribution in [0.2, 0.25) is 0 Å². The fraction of sp³-hybridized carbons (Fsp3) is 0.458. The number of aromatic nitrogens is 1. The zero-order chi connectivity index (χ0) is 19.9. The molecule has 0 N–H and O–H groups in total. The molecule has 0 bridgehead atoms. The van der Waals surface area contributed by atoms with Gasteiger partial charge in [-0.15, -0.1) is 0 Å². The highest BCUT2D eigenvalue weighted by molar-refractivity contribution is 6.00. The minimum atomic E-state index is -0.757. The van der Waals surface area contributed by atoms with Gasteiger partial charge in [0, 0.05) is 24.2 Å². The van der Waals surface area contributed by atoms with E-state index in [1.807, 2.05) is 25.1 Å². The minimum absolute atomic E-state index is 0.0215. The van der Waals surface area contributed by atoms with Gasteiger partial charge in [0.25, 0.3) is 0 Å². The van der Waals surface area contributed by atoms with Crippen molar-refractivity contribution in [1.82, 2.24) is 4.98 Å². The molecule has 2 aromatic rings. The van der Waals surface area contributed by atoms with Crippen molar-refractivity contribution in [3.05, 3.63) is 65.5 Å². The molecule has 4 heteroatoms. The molecule has 3 rings (SSSR count). The third-order valence-corrected chi connectivity index (χ3v) is 5.70. The molecule has 28 heavy (non-hydrogen) atoms. The molecule has 1 heterocycles. The lowest BCUT2D eigenvalue weighted by molar-refractivity contribution is -0.152. The number of esters is 1. The summed E-state index contributed by atoms with van der Waals surface area (Å²) in [5, 5.41) is 0. The van der Waals surface area contributed by atoms with Gasteiger partial charge in [0.05, 0.1) is 6.61 Å². The number of ether oxygens (including phenoxy) is 1. The smallest absolute Gasteiger partial charge is 0.316 e. The number of pyridine rings is 1. The number of carbonyl (C=O) groups excluding carboxylic acids is 2. The highest BCUT2D eigenvalue weighted by Crippen LogP contribution is 2.37. The number of rotatable bonds is 7. The molecule has 1 aliphatic carbocycles. The van der Waals surface area contributed by atoms with E-state index in [0.29, 0.717) is 12.3 Å². The summed E-state index contributed by atoms with van der Waals surface area (Å²) in [5.41, 5.74) is 3.19. The summed E-state index contributed by atoms with van der Waals surface area (Å²) >= 11 is 0. The fourth-order valence-electron chi connectivity index (χ4n) is 4.18. The standard InChI is InChI=1S/C24H29NO3/c1-3-28-24(27)22(16-21-15-17(2)13-14-25-21)23(26)20-11-9-19(10-12-20)18-7-5-4-6-8-18/h4-8,13-15,19-20,22H,3,9-12,16H2,1-2H3/t19-,20-,22?. The van der Waals surface area contributed by atoms with Gasteiger partial charge in [-0.1, -0.05) is 30.3 Å². The van der Waals surface area contributed by atoms with Crippen molar-refractivity contribution in [2.75, 3.05) is 6.61 Å². The number of aryl methyl sites for hydroxylation is 1. The van der Waals surface area contributed by atoms with Crippen LogP contribution in [-0.4, -0.2) is 23.3 Å². The SMILES string of the molecule is CCOC(=O)C(Cc1cc(C)ccn1)C(=O)[C@H]1CC[C@H](c2ccccc2)CC1. The predicted octanol–water partition coefficient (Wildman–Crippen LogP) is 4.65. The number of carbonyl (C=O) groups is 2. The van der Waals surface area contributed by atoms with E-state index in [2.05, 4.69) is 29.2 Å². The van der Waals surface area contributed by atoms with Gasteiger partial charge in [-0.05, 0) is 68.7 Å². The highest BCUT2D eigenvalue weighted by Gasteiger charge is 2.36. The van der Waals surface area contributed by atoms with Gasteiger partial charge in [0.1, 0.15) is 5.92 Å². The van der Waals surface area contributed by atoms with Crippen molar-refractivity contribution in [2.24, 2.45) is 11.8 Å². The molecule has 1 aromatic carbocycles. The lowest BCUT2D eigenvalue weighted by atomic mass is 9.74. The van der Waals surface area contributed by atoms with Crippen molar-refractivity contribution in [3.8, 4) is 0 Å². The van der Waals surface area contributed by atoms with Crippen LogP contribution in [-0.2, 0) is 20.7 Å².